The van der Waals surface area contributed by atoms with Crippen LogP contribution in [0.15, 0.2) is 570 Å². The minimum atomic E-state index is 1.08. The second-order valence-electron chi connectivity index (χ2n) is 39.0. The van der Waals surface area contributed by atoms with E-state index in [2.05, 4.69) is 607 Å². The molecular weight excluding hydrogens is 1820 g/mol. The smallest absolute Gasteiger partial charge is 0.0542 e. The molecule has 6 heterocycles. The van der Waals surface area contributed by atoms with Crippen molar-refractivity contribution < 1.29 is 0 Å². The molecule has 702 valence electrons. The summed E-state index contributed by atoms with van der Waals surface area (Å²) in [4.78, 5) is 4.80. The molecule has 0 fully saturated rings. The molecule has 30 aromatic rings. The SMILES string of the molecule is c1ccc(-n2c3ccccc3c3cc(-c4ccc(N(c5ccc(-c6ccc(-n7c8ccccc8c8ccccc87)cc6)cc5)c5ccc(-c6ccc7c(c6)c6ccccc6n7-c6ccccc6)cc5)cc4)ccc32)cc1.c1ccc(-n2c3ccccc3c3cc(-c4ccc(N(c5ccc(-c6ccc7c(c6)c6ccccc6n7-c6ccccc6)cc5)c5ccc(-n6c7ccccc7c7ccccc76)c6ccccc56)cc4)ccc32)cc1. The largest absolute Gasteiger partial charge is 0.311 e. The van der Waals surface area contributed by atoms with E-state index in [4.69, 9.17) is 0 Å². The molecule has 0 atom stereocenters. The van der Waals surface area contributed by atoms with E-state index >= 15 is 0 Å². The lowest BCUT2D eigenvalue weighted by Crippen LogP contribution is -2.11. The van der Waals surface area contributed by atoms with Gasteiger partial charge < -0.3 is 37.2 Å². The summed E-state index contributed by atoms with van der Waals surface area (Å²) in [5, 5.41) is 17.3. The third-order valence-corrected chi connectivity index (χ3v) is 30.7. The van der Waals surface area contributed by atoms with Gasteiger partial charge in [-0.3, -0.25) is 0 Å². The molecule has 0 unspecified atom stereocenters. The number of fused-ring (bicyclic) bond motifs is 19. The van der Waals surface area contributed by atoms with Crippen molar-refractivity contribution in [2.45, 2.75) is 0 Å². The number of para-hydroxylation sites is 12. The Morgan fingerprint density at radius 2 is 0.287 bits per heavy atom. The predicted molar refractivity (Wildman–Crippen MR) is 633 cm³/mol. The molecule has 0 bridgehead atoms. The lowest BCUT2D eigenvalue weighted by atomic mass is 10.00. The van der Waals surface area contributed by atoms with Gasteiger partial charge in [-0.2, -0.15) is 0 Å². The molecule has 0 amide bonds. The highest BCUT2D eigenvalue weighted by Gasteiger charge is 2.26. The van der Waals surface area contributed by atoms with Gasteiger partial charge in [0.15, 0.2) is 0 Å². The summed E-state index contributed by atoms with van der Waals surface area (Å²) in [7, 11) is 0. The fourth-order valence-corrected chi connectivity index (χ4v) is 23.8. The summed E-state index contributed by atoms with van der Waals surface area (Å²) in [5.74, 6) is 0. The molecule has 24 aromatic carbocycles. The van der Waals surface area contributed by atoms with Gasteiger partial charge >= 0.3 is 0 Å². The topological polar surface area (TPSA) is 36.1 Å². The normalized spacial score (nSPS) is 11.7. The Bertz CT molecular complexity index is 9970. The lowest BCUT2D eigenvalue weighted by molar-refractivity contribution is 1.18. The molecule has 0 N–H and O–H groups in total. The molecule has 0 aliphatic rings. The Morgan fingerprint density at radius 1 is 0.107 bits per heavy atom. The Kier molecular flexibility index (Phi) is 20.8. The van der Waals surface area contributed by atoms with Crippen LogP contribution in [-0.2, 0) is 0 Å². The Morgan fingerprint density at radius 3 is 0.547 bits per heavy atom. The average Bonchev–Trinajstić information content (AvgIpc) is 1.55. The third kappa shape index (κ3) is 14.6. The van der Waals surface area contributed by atoms with Crippen LogP contribution < -0.4 is 9.80 Å². The molecule has 0 spiro atoms. The van der Waals surface area contributed by atoms with Crippen molar-refractivity contribution in [2.24, 2.45) is 0 Å². The molecular formula is C142H94N8. The van der Waals surface area contributed by atoms with Gasteiger partial charge in [-0.15, -0.1) is 0 Å². The second-order valence-corrected chi connectivity index (χ2v) is 39.0. The first-order valence-corrected chi connectivity index (χ1v) is 51.5. The predicted octanol–water partition coefficient (Wildman–Crippen LogP) is 38.4. The van der Waals surface area contributed by atoms with E-state index < -0.39 is 0 Å². The summed E-state index contributed by atoms with van der Waals surface area (Å²) in [6.07, 6.45) is 0. The monoisotopic (exact) mass is 1910 g/mol. The number of anilines is 6. The highest BCUT2D eigenvalue weighted by atomic mass is 15.2. The standard InChI is InChI=1S/C72H48N4.C70H46N4/c1-3-15-55(16-4-1)74-69-25-13-9-21-63(69)65-47-53(35-45-71(65)74)51-31-39-58(40-32-51)73(57-37-27-49(28-38-57)50-29-43-60(44-30-50)76-67-23-11-7-19-61(67)62-20-8-12-24-68(62)76)59-41-33-52(34-42-59)54-36-46-72-66(48-54)64-22-10-14-26-70(64)75(72)56-17-5-2-6-18-56;1-3-17-51(18-4-1)72-63-27-13-11-25-59(63)61-45-49(35-41-69(61)72)47-31-37-53(38-32-47)71(67-43-44-68(58-22-8-7-21-57(58)67)74-65-29-15-9-23-55(65)56-24-10-16-30-66(56)74)54-39-33-48(34-40-54)50-36-42-70-62(46-50)60-26-12-14-28-64(60)73(70)52-19-5-2-6-20-52/h1-48H;1-46H. The van der Waals surface area contributed by atoms with Gasteiger partial charge in [-0.25, -0.2) is 0 Å². The van der Waals surface area contributed by atoms with Gasteiger partial charge in [0.1, 0.15) is 0 Å². The van der Waals surface area contributed by atoms with Crippen molar-refractivity contribution in [1.82, 2.24) is 27.4 Å². The van der Waals surface area contributed by atoms with Crippen molar-refractivity contribution in [2.75, 3.05) is 9.80 Å². The molecule has 0 aliphatic heterocycles. The Hall–Kier alpha value is -20.1. The molecule has 8 heteroatoms. The van der Waals surface area contributed by atoms with Crippen LogP contribution in [0.5, 0.6) is 0 Å². The van der Waals surface area contributed by atoms with Crippen LogP contribution in [0, 0.1) is 0 Å². The first-order chi connectivity index (χ1) is 74.4. The first kappa shape index (κ1) is 86.6. The molecule has 0 radical (unpaired) electrons. The van der Waals surface area contributed by atoms with E-state index in [1.807, 2.05) is 0 Å². The number of aromatic nitrogens is 6. The van der Waals surface area contributed by atoms with Crippen molar-refractivity contribution in [1.29, 1.82) is 0 Å². The maximum absolute atomic E-state index is 2.44. The minimum Gasteiger partial charge on any atom is -0.311 e. The highest BCUT2D eigenvalue weighted by Crippen LogP contribution is 2.49. The van der Waals surface area contributed by atoms with E-state index in [-0.39, 0.29) is 0 Å². The summed E-state index contributed by atoms with van der Waals surface area (Å²) < 4.78 is 14.3. The van der Waals surface area contributed by atoms with Gasteiger partial charge in [0.05, 0.1) is 77.6 Å². The summed E-state index contributed by atoms with van der Waals surface area (Å²) in [5.41, 5.74) is 39.6. The summed E-state index contributed by atoms with van der Waals surface area (Å²) >= 11 is 0. The summed E-state index contributed by atoms with van der Waals surface area (Å²) in [6, 6.07) is 208. The third-order valence-electron chi connectivity index (χ3n) is 30.7. The lowest BCUT2D eigenvalue weighted by Gasteiger charge is -2.28. The molecule has 6 aromatic heterocycles. The second kappa shape index (κ2) is 36.1. The maximum Gasteiger partial charge on any atom is 0.0542 e. The number of benzene rings is 24. The zero-order valence-corrected chi connectivity index (χ0v) is 81.8. The Labute approximate surface area is 866 Å². The first-order valence-electron chi connectivity index (χ1n) is 51.5. The fourth-order valence-electron chi connectivity index (χ4n) is 23.8. The summed E-state index contributed by atoms with van der Waals surface area (Å²) in [6.45, 7) is 0. The zero-order chi connectivity index (χ0) is 98.8. The molecule has 150 heavy (non-hydrogen) atoms. The van der Waals surface area contributed by atoms with Gasteiger partial charge in [-0.1, -0.05) is 340 Å². The van der Waals surface area contributed by atoms with Crippen LogP contribution in [0.4, 0.5) is 34.1 Å². The number of hydrogen-bond donors (Lipinski definition) is 0. The van der Waals surface area contributed by atoms with E-state index in [1.54, 1.807) is 0 Å². The molecule has 30 rings (SSSR count). The fraction of sp³-hybridized carbons (Fsp3) is 0. The van der Waals surface area contributed by atoms with Crippen LogP contribution >= 0.6 is 0 Å². The van der Waals surface area contributed by atoms with Gasteiger partial charge in [-0.05, 0) is 286 Å². The quantitative estimate of drug-likeness (QED) is 0.0911. The maximum atomic E-state index is 2.44. The van der Waals surface area contributed by atoms with Crippen molar-refractivity contribution >= 4 is 176 Å². The van der Waals surface area contributed by atoms with Crippen molar-refractivity contribution in [3.05, 3.63) is 570 Å². The van der Waals surface area contributed by atoms with Crippen LogP contribution in [0.3, 0.4) is 0 Å². The van der Waals surface area contributed by atoms with Crippen LogP contribution in [-0.4, -0.2) is 27.4 Å². The van der Waals surface area contributed by atoms with Crippen molar-refractivity contribution in [3.63, 3.8) is 0 Å². The Balaban J connectivity index is 0.000000141. The highest BCUT2D eigenvalue weighted by molar-refractivity contribution is 6.17. The molecule has 0 aliphatic carbocycles. The van der Waals surface area contributed by atoms with Crippen LogP contribution in [0.2, 0.25) is 0 Å². The van der Waals surface area contributed by atoms with Gasteiger partial charge in [0.25, 0.3) is 0 Å². The zero-order valence-electron chi connectivity index (χ0n) is 81.8. The minimum absolute atomic E-state index is 1.08. The van der Waals surface area contributed by atoms with Crippen LogP contribution in [0.25, 0.3) is 231 Å². The number of nitrogens with zero attached hydrogens (tertiary/aromatic N) is 8. The van der Waals surface area contributed by atoms with E-state index in [9.17, 15) is 0 Å². The average molecular weight is 1910 g/mol. The van der Waals surface area contributed by atoms with E-state index in [1.165, 1.54) is 181 Å². The van der Waals surface area contributed by atoms with Gasteiger partial charge in [0.2, 0.25) is 0 Å². The van der Waals surface area contributed by atoms with E-state index in [0.29, 0.717) is 0 Å². The number of rotatable bonds is 17. The molecule has 0 saturated heterocycles. The van der Waals surface area contributed by atoms with E-state index in [0.717, 1.165) is 84.9 Å². The van der Waals surface area contributed by atoms with Crippen LogP contribution in [0.1, 0.15) is 0 Å². The molecule has 0 saturated carbocycles. The van der Waals surface area contributed by atoms with Crippen molar-refractivity contribution in [3.8, 4) is 89.8 Å². The number of hydrogen-bond acceptors (Lipinski definition) is 2. The molecule has 8 nitrogen and oxygen atoms in total. The van der Waals surface area contributed by atoms with Gasteiger partial charge in [0, 0.05) is 132 Å².